The van der Waals surface area contributed by atoms with Gasteiger partial charge < -0.3 is 19.8 Å². The molecule has 2 fully saturated rings. The van der Waals surface area contributed by atoms with Gasteiger partial charge in [-0.25, -0.2) is 0 Å². The minimum absolute atomic E-state index is 0.0681. The highest BCUT2D eigenvalue weighted by Gasteiger charge is 2.41. The van der Waals surface area contributed by atoms with Crippen LogP contribution in [0.5, 0.6) is 0 Å². The van der Waals surface area contributed by atoms with Gasteiger partial charge in [-0.05, 0) is 26.3 Å². The number of nitrogens with one attached hydrogen (secondary N) is 1. The summed E-state index contributed by atoms with van der Waals surface area (Å²) in [6.07, 6.45) is 2.03. The molecule has 1 atom stereocenters. The molecule has 98 valence electrons. The Morgan fingerprint density at radius 3 is 3.00 bits per heavy atom. The van der Waals surface area contributed by atoms with Gasteiger partial charge in [0.15, 0.2) is 0 Å². The van der Waals surface area contributed by atoms with Gasteiger partial charge in [-0.3, -0.25) is 4.79 Å². The van der Waals surface area contributed by atoms with Gasteiger partial charge in [0.25, 0.3) is 11.7 Å². The smallest absolute Gasteiger partial charge is 0.295 e. The first kappa shape index (κ1) is 11.6. The molecule has 7 nitrogen and oxygen atoms in total. The molecule has 0 radical (unpaired) electrons. The third kappa shape index (κ3) is 1.99. The van der Waals surface area contributed by atoms with Crippen LogP contribution in [0, 0.1) is 0 Å². The van der Waals surface area contributed by atoms with E-state index in [1.165, 1.54) is 4.90 Å². The molecule has 2 N–H and O–H groups in total. The standard InChI is InChI=1S/C11H16N4O3/c1-11(17)5-15(6-11)10(16)8-13-9(18-14-8)7-3-2-4-12-7/h7,12,17H,2-6H2,1H3. The van der Waals surface area contributed by atoms with Crippen molar-refractivity contribution < 1.29 is 14.4 Å². The number of hydrogen-bond acceptors (Lipinski definition) is 6. The van der Waals surface area contributed by atoms with Crippen molar-refractivity contribution in [2.75, 3.05) is 19.6 Å². The maximum absolute atomic E-state index is 12.0. The second-order valence-corrected chi connectivity index (χ2v) is 5.26. The molecule has 3 heterocycles. The largest absolute Gasteiger partial charge is 0.386 e. The van der Waals surface area contributed by atoms with E-state index in [0.29, 0.717) is 19.0 Å². The summed E-state index contributed by atoms with van der Waals surface area (Å²) in [7, 11) is 0. The maximum atomic E-state index is 12.0. The highest BCUT2D eigenvalue weighted by molar-refractivity contribution is 5.91. The molecule has 0 bridgehead atoms. The summed E-state index contributed by atoms with van der Waals surface area (Å²) in [5.41, 5.74) is -0.783. The molecule has 1 amide bonds. The number of rotatable bonds is 2. The van der Waals surface area contributed by atoms with E-state index in [0.717, 1.165) is 19.4 Å². The molecule has 2 saturated heterocycles. The lowest BCUT2D eigenvalue weighted by atomic mass is 9.97. The fourth-order valence-electron chi connectivity index (χ4n) is 2.42. The van der Waals surface area contributed by atoms with Crippen molar-refractivity contribution >= 4 is 5.91 Å². The first-order valence-corrected chi connectivity index (χ1v) is 6.14. The van der Waals surface area contributed by atoms with E-state index in [-0.39, 0.29) is 17.8 Å². The predicted octanol–water partition coefficient (Wildman–Crippen LogP) is -0.299. The second-order valence-electron chi connectivity index (χ2n) is 5.26. The van der Waals surface area contributed by atoms with E-state index in [1.807, 2.05) is 0 Å². The Labute approximate surface area is 104 Å². The Balaban J connectivity index is 1.68. The van der Waals surface area contributed by atoms with Crippen LogP contribution in [0.1, 0.15) is 42.3 Å². The van der Waals surface area contributed by atoms with Crippen molar-refractivity contribution in [3.63, 3.8) is 0 Å². The molecule has 0 aliphatic carbocycles. The summed E-state index contributed by atoms with van der Waals surface area (Å²) in [5.74, 6) is 0.270. The van der Waals surface area contributed by atoms with Crippen LogP contribution in [0.2, 0.25) is 0 Å². The predicted molar refractivity (Wildman–Crippen MR) is 60.8 cm³/mol. The van der Waals surface area contributed by atoms with Crippen LogP contribution in [0.25, 0.3) is 0 Å². The highest BCUT2D eigenvalue weighted by Crippen LogP contribution is 2.24. The van der Waals surface area contributed by atoms with Gasteiger partial charge in [0.2, 0.25) is 5.89 Å². The number of hydrogen-bond donors (Lipinski definition) is 2. The number of likely N-dealkylation sites (tertiary alicyclic amines) is 1. The Kier molecular flexibility index (Phi) is 2.60. The lowest BCUT2D eigenvalue weighted by molar-refractivity contribution is -0.0673. The third-order valence-corrected chi connectivity index (χ3v) is 3.34. The zero-order valence-electron chi connectivity index (χ0n) is 10.2. The molecule has 1 aromatic rings. The fraction of sp³-hybridized carbons (Fsp3) is 0.727. The van der Waals surface area contributed by atoms with Gasteiger partial charge in [0, 0.05) is 0 Å². The molecule has 7 heteroatoms. The molecule has 2 aliphatic rings. The van der Waals surface area contributed by atoms with Crippen molar-refractivity contribution in [1.82, 2.24) is 20.4 Å². The summed E-state index contributed by atoms with van der Waals surface area (Å²) in [6, 6.07) is 0.0681. The van der Waals surface area contributed by atoms with Crippen LogP contribution in [0.3, 0.4) is 0 Å². The van der Waals surface area contributed by atoms with Crippen LogP contribution in [0.15, 0.2) is 4.52 Å². The molecule has 3 rings (SSSR count). The molecule has 1 aromatic heterocycles. The average Bonchev–Trinajstić information content (AvgIpc) is 2.94. The van der Waals surface area contributed by atoms with Crippen LogP contribution in [-0.4, -0.2) is 51.3 Å². The van der Waals surface area contributed by atoms with E-state index < -0.39 is 5.60 Å². The number of carbonyl (C=O) groups is 1. The first-order valence-electron chi connectivity index (χ1n) is 6.14. The molecule has 1 unspecified atom stereocenters. The topological polar surface area (TPSA) is 91.5 Å². The van der Waals surface area contributed by atoms with Gasteiger partial charge in [-0.2, -0.15) is 4.98 Å². The van der Waals surface area contributed by atoms with Crippen molar-refractivity contribution in [3.8, 4) is 0 Å². The van der Waals surface area contributed by atoms with E-state index in [9.17, 15) is 9.90 Å². The maximum Gasteiger partial charge on any atom is 0.295 e. The quantitative estimate of drug-likeness (QED) is 0.751. The van der Waals surface area contributed by atoms with E-state index >= 15 is 0 Å². The Bertz CT molecular complexity index is 457. The minimum atomic E-state index is -0.783. The molecule has 0 aromatic carbocycles. The zero-order valence-corrected chi connectivity index (χ0v) is 10.2. The van der Waals surface area contributed by atoms with Gasteiger partial charge in [0.1, 0.15) is 0 Å². The van der Waals surface area contributed by atoms with E-state index in [4.69, 9.17) is 4.52 Å². The molecular weight excluding hydrogens is 236 g/mol. The summed E-state index contributed by atoms with van der Waals surface area (Å²) >= 11 is 0. The number of carbonyl (C=O) groups excluding carboxylic acids is 1. The summed E-state index contributed by atoms with van der Waals surface area (Å²) < 4.78 is 5.11. The van der Waals surface area contributed by atoms with E-state index in [1.54, 1.807) is 6.92 Å². The van der Waals surface area contributed by atoms with Crippen molar-refractivity contribution in [2.45, 2.75) is 31.4 Å². The second kappa shape index (κ2) is 4.03. The van der Waals surface area contributed by atoms with Gasteiger partial charge in [-0.1, -0.05) is 5.16 Å². The van der Waals surface area contributed by atoms with Crippen molar-refractivity contribution in [2.24, 2.45) is 0 Å². The van der Waals surface area contributed by atoms with Crippen LogP contribution >= 0.6 is 0 Å². The SMILES string of the molecule is CC1(O)CN(C(=O)c2noc(C3CCCN3)n2)C1. The highest BCUT2D eigenvalue weighted by atomic mass is 16.5. The monoisotopic (exact) mass is 252 g/mol. The third-order valence-electron chi connectivity index (χ3n) is 3.34. The normalized spacial score (nSPS) is 26.1. The van der Waals surface area contributed by atoms with Crippen molar-refractivity contribution in [1.29, 1.82) is 0 Å². The Morgan fingerprint density at radius 1 is 1.61 bits per heavy atom. The Morgan fingerprint density at radius 2 is 2.39 bits per heavy atom. The summed E-state index contributed by atoms with van der Waals surface area (Å²) in [4.78, 5) is 17.6. The van der Waals surface area contributed by atoms with Crippen LogP contribution < -0.4 is 5.32 Å². The number of aliphatic hydroxyl groups is 1. The van der Waals surface area contributed by atoms with E-state index in [2.05, 4.69) is 15.5 Å². The van der Waals surface area contributed by atoms with Gasteiger partial charge in [0.05, 0.1) is 24.7 Å². The van der Waals surface area contributed by atoms with Crippen LogP contribution in [0.4, 0.5) is 0 Å². The number of nitrogens with zero attached hydrogens (tertiary/aromatic N) is 3. The van der Waals surface area contributed by atoms with Crippen LogP contribution in [-0.2, 0) is 0 Å². The van der Waals surface area contributed by atoms with Crippen molar-refractivity contribution in [3.05, 3.63) is 11.7 Å². The molecule has 0 spiro atoms. The molecular formula is C11H16N4O3. The number of aromatic nitrogens is 2. The minimum Gasteiger partial charge on any atom is -0.386 e. The molecule has 0 saturated carbocycles. The summed E-state index contributed by atoms with van der Waals surface area (Å²) in [6.45, 7) is 3.26. The van der Waals surface area contributed by atoms with Gasteiger partial charge >= 0.3 is 0 Å². The molecule has 2 aliphatic heterocycles. The average molecular weight is 252 g/mol. The Hall–Kier alpha value is -1.47. The number of β-amino-alcohol motifs (C(OH)–C–C–N with tert-alkyl or cyclic N) is 1. The summed E-state index contributed by atoms with van der Waals surface area (Å²) in [5, 5.41) is 16.5. The van der Waals surface area contributed by atoms with Gasteiger partial charge in [-0.15, -0.1) is 0 Å². The lowest BCUT2D eigenvalue weighted by Crippen LogP contribution is -2.61. The first-order chi connectivity index (χ1) is 8.55. The molecule has 18 heavy (non-hydrogen) atoms. The number of amides is 1. The zero-order chi connectivity index (χ0) is 12.8. The lowest BCUT2D eigenvalue weighted by Gasteiger charge is -2.43. The fourth-order valence-corrected chi connectivity index (χ4v) is 2.42.